The topological polar surface area (TPSA) is 72.0 Å². The molecule has 0 aliphatic carbocycles. The first-order chi connectivity index (χ1) is 7.65. The SMILES string of the molecule is Nc1ncc(Br)nc1Cc1ccc(O)cc1. The van der Waals surface area contributed by atoms with Crippen molar-refractivity contribution in [1.82, 2.24) is 9.97 Å². The predicted molar refractivity (Wildman–Crippen MR) is 65.1 cm³/mol. The second-order valence-electron chi connectivity index (χ2n) is 3.37. The van der Waals surface area contributed by atoms with Crippen molar-refractivity contribution in [3.63, 3.8) is 0 Å². The Morgan fingerprint density at radius 2 is 1.94 bits per heavy atom. The molecule has 2 rings (SSSR count). The molecule has 0 aliphatic heterocycles. The van der Waals surface area contributed by atoms with Crippen LogP contribution in [0.1, 0.15) is 11.3 Å². The van der Waals surface area contributed by atoms with E-state index < -0.39 is 0 Å². The Bertz CT molecular complexity index is 499. The Labute approximate surface area is 101 Å². The van der Waals surface area contributed by atoms with Crippen molar-refractivity contribution in [2.24, 2.45) is 0 Å². The molecule has 3 N–H and O–H groups in total. The largest absolute Gasteiger partial charge is 0.508 e. The fourth-order valence-corrected chi connectivity index (χ4v) is 1.67. The summed E-state index contributed by atoms with van der Waals surface area (Å²) in [6.07, 6.45) is 2.16. The number of aromatic hydroxyl groups is 1. The summed E-state index contributed by atoms with van der Waals surface area (Å²) in [5, 5.41) is 9.16. The van der Waals surface area contributed by atoms with E-state index in [4.69, 9.17) is 10.8 Å². The van der Waals surface area contributed by atoms with Gasteiger partial charge in [-0.25, -0.2) is 9.97 Å². The van der Waals surface area contributed by atoms with E-state index in [0.717, 1.165) is 11.3 Å². The van der Waals surface area contributed by atoms with E-state index in [9.17, 15) is 0 Å². The Hall–Kier alpha value is -1.62. The van der Waals surface area contributed by atoms with Crippen LogP contribution in [-0.4, -0.2) is 15.1 Å². The molecule has 1 heterocycles. The van der Waals surface area contributed by atoms with Gasteiger partial charge in [-0.15, -0.1) is 0 Å². The highest BCUT2D eigenvalue weighted by Gasteiger charge is 2.04. The highest BCUT2D eigenvalue weighted by Crippen LogP contribution is 2.17. The number of benzene rings is 1. The zero-order chi connectivity index (χ0) is 11.5. The minimum Gasteiger partial charge on any atom is -0.508 e. The predicted octanol–water partition coefficient (Wildman–Crippen LogP) is 2.12. The highest BCUT2D eigenvalue weighted by atomic mass is 79.9. The molecule has 1 aromatic carbocycles. The first kappa shape index (κ1) is 10.9. The van der Waals surface area contributed by atoms with E-state index in [1.54, 1.807) is 18.3 Å². The Balaban J connectivity index is 2.26. The summed E-state index contributed by atoms with van der Waals surface area (Å²) in [7, 11) is 0. The number of hydrogen-bond donors (Lipinski definition) is 2. The summed E-state index contributed by atoms with van der Waals surface area (Å²) in [4.78, 5) is 8.27. The van der Waals surface area contributed by atoms with Gasteiger partial charge in [0.05, 0.1) is 11.9 Å². The maximum atomic E-state index is 9.16. The van der Waals surface area contributed by atoms with E-state index >= 15 is 0 Å². The number of nitrogens with two attached hydrogens (primary N) is 1. The number of phenols is 1. The lowest BCUT2D eigenvalue weighted by Crippen LogP contribution is -2.02. The zero-order valence-corrected chi connectivity index (χ0v) is 9.98. The van der Waals surface area contributed by atoms with Crippen LogP contribution in [0.3, 0.4) is 0 Å². The van der Waals surface area contributed by atoms with Gasteiger partial charge in [-0.05, 0) is 33.6 Å². The first-order valence-corrected chi connectivity index (χ1v) is 5.49. The average Bonchev–Trinajstić information content (AvgIpc) is 2.27. The molecule has 4 nitrogen and oxygen atoms in total. The minimum absolute atomic E-state index is 0.247. The Morgan fingerprint density at radius 1 is 1.25 bits per heavy atom. The molecule has 0 fully saturated rings. The molecule has 0 unspecified atom stereocenters. The number of halogens is 1. The third-order valence-corrected chi connectivity index (χ3v) is 2.54. The summed E-state index contributed by atoms with van der Waals surface area (Å²) in [5.41, 5.74) is 7.47. The second kappa shape index (κ2) is 4.49. The number of hydrogen-bond acceptors (Lipinski definition) is 4. The maximum Gasteiger partial charge on any atom is 0.145 e. The monoisotopic (exact) mass is 279 g/mol. The van der Waals surface area contributed by atoms with Crippen molar-refractivity contribution in [2.45, 2.75) is 6.42 Å². The molecule has 0 atom stereocenters. The standard InChI is InChI=1S/C11H10BrN3O/c12-10-6-14-11(13)9(15-10)5-7-1-3-8(16)4-2-7/h1-4,6,16H,5H2,(H2,13,14). The highest BCUT2D eigenvalue weighted by molar-refractivity contribution is 9.10. The lowest BCUT2D eigenvalue weighted by molar-refractivity contribution is 0.475. The van der Waals surface area contributed by atoms with Gasteiger partial charge in [-0.1, -0.05) is 12.1 Å². The van der Waals surface area contributed by atoms with E-state index in [0.29, 0.717) is 16.8 Å². The number of anilines is 1. The summed E-state index contributed by atoms with van der Waals surface area (Å²) >= 11 is 3.25. The van der Waals surface area contributed by atoms with Crippen molar-refractivity contribution < 1.29 is 5.11 Å². The number of nitrogens with zero attached hydrogens (tertiary/aromatic N) is 2. The van der Waals surface area contributed by atoms with E-state index in [-0.39, 0.29) is 5.75 Å². The van der Waals surface area contributed by atoms with Gasteiger partial charge in [0.25, 0.3) is 0 Å². The van der Waals surface area contributed by atoms with Crippen molar-refractivity contribution in [2.75, 3.05) is 5.73 Å². The lowest BCUT2D eigenvalue weighted by Gasteiger charge is -2.04. The smallest absolute Gasteiger partial charge is 0.145 e. The molecule has 0 saturated heterocycles. The maximum absolute atomic E-state index is 9.16. The second-order valence-corrected chi connectivity index (χ2v) is 4.18. The first-order valence-electron chi connectivity index (χ1n) is 4.70. The molecule has 0 radical (unpaired) electrons. The molecule has 0 amide bonds. The van der Waals surface area contributed by atoms with Gasteiger partial charge in [0.15, 0.2) is 0 Å². The fraction of sp³-hybridized carbons (Fsp3) is 0.0909. The van der Waals surface area contributed by atoms with Crippen LogP contribution in [0.15, 0.2) is 35.1 Å². The molecular weight excluding hydrogens is 270 g/mol. The van der Waals surface area contributed by atoms with Crippen LogP contribution in [0.25, 0.3) is 0 Å². The number of aromatic nitrogens is 2. The molecule has 0 saturated carbocycles. The molecule has 2 aromatic rings. The third-order valence-electron chi connectivity index (χ3n) is 2.16. The van der Waals surface area contributed by atoms with Crippen molar-refractivity contribution >= 4 is 21.7 Å². The van der Waals surface area contributed by atoms with Gasteiger partial charge >= 0.3 is 0 Å². The lowest BCUT2D eigenvalue weighted by atomic mass is 10.1. The van der Waals surface area contributed by atoms with Gasteiger partial charge in [-0.2, -0.15) is 0 Å². The van der Waals surface area contributed by atoms with Gasteiger partial charge in [0.1, 0.15) is 16.2 Å². The molecule has 0 aliphatic rings. The van der Waals surface area contributed by atoms with Crippen LogP contribution in [0.4, 0.5) is 5.82 Å². The van der Waals surface area contributed by atoms with Crippen molar-refractivity contribution in [3.8, 4) is 5.75 Å². The van der Waals surface area contributed by atoms with Crippen LogP contribution in [0.5, 0.6) is 5.75 Å². The van der Waals surface area contributed by atoms with Crippen molar-refractivity contribution in [1.29, 1.82) is 0 Å². The number of phenolic OH excluding ortho intramolecular Hbond substituents is 1. The molecule has 16 heavy (non-hydrogen) atoms. The van der Waals surface area contributed by atoms with Crippen molar-refractivity contribution in [3.05, 3.63) is 46.3 Å². The van der Waals surface area contributed by atoms with Gasteiger partial charge in [0, 0.05) is 6.42 Å². The Kier molecular flexibility index (Phi) is 3.05. The van der Waals surface area contributed by atoms with Crippen LogP contribution in [0, 0.1) is 0 Å². The molecule has 0 bridgehead atoms. The van der Waals surface area contributed by atoms with Gasteiger partial charge < -0.3 is 10.8 Å². The van der Waals surface area contributed by atoms with Crippen LogP contribution < -0.4 is 5.73 Å². The molecule has 5 heteroatoms. The zero-order valence-electron chi connectivity index (χ0n) is 8.39. The van der Waals surface area contributed by atoms with Crippen LogP contribution in [-0.2, 0) is 6.42 Å². The number of rotatable bonds is 2. The Morgan fingerprint density at radius 3 is 2.62 bits per heavy atom. The summed E-state index contributed by atoms with van der Waals surface area (Å²) in [6, 6.07) is 6.93. The normalized spacial score (nSPS) is 10.3. The minimum atomic E-state index is 0.247. The van der Waals surface area contributed by atoms with E-state index in [1.807, 2.05) is 12.1 Å². The molecule has 82 valence electrons. The summed E-state index contributed by atoms with van der Waals surface area (Å²) in [6.45, 7) is 0. The van der Waals surface area contributed by atoms with Crippen LogP contribution in [0.2, 0.25) is 0 Å². The summed E-state index contributed by atoms with van der Waals surface area (Å²) in [5.74, 6) is 0.674. The fourth-order valence-electron chi connectivity index (χ4n) is 1.35. The van der Waals surface area contributed by atoms with Crippen LogP contribution >= 0.6 is 15.9 Å². The number of nitrogen functional groups attached to an aromatic ring is 1. The molecule has 0 spiro atoms. The summed E-state index contributed by atoms with van der Waals surface area (Å²) < 4.78 is 0.662. The molecular formula is C11H10BrN3O. The van der Waals surface area contributed by atoms with E-state index in [2.05, 4.69) is 25.9 Å². The average molecular weight is 280 g/mol. The van der Waals surface area contributed by atoms with E-state index in [1.165, 1.54) is 0 Å². The quantitative estimate of drug-likeness (QED) is 0.883. The van der Waals surface area contributed by atoms with Gasteiger partial charge in [0.2, 0.25) is 0 Å². The van der Waals surface area contributed by atoms with Gasteiger partial charge in [-0.3, -0.25) is 0 Å². The molecule has 1 aromatic heterocycles. The third kappa shape index (κ3) is 2.49.